The highest BCUT2D eigenvalue weighted by Gasteiger charge is 2.36. The molecule has 0 heteroatoms. The zero-order valence-electron chi connectivity index (χ0n) is 7.27. The average molecular weight is 148 g/mol. The molecule has 0 aliphatic heterocycles. The molecular weight excluding hydrogens is 132 g/mol. The molecule has 0 heterocycles. The first-order chi connectivity index (χ1) is 5.29. The van der Waals surface area contributed by atoms with Crippen molar-refractivity contribution in [1.29, 1.82) is 0 Å². The minimum Gasteiger partial charge on any atom is -0.0995 e. The van der Waals surface area contributed by atoms with Gasteiger partial charge in [0.25, 0.3) is 0 Å². The predicted octanol–water partition coefficient (Wildman–Crippen LogP) is 3.31. The maximum absolute atomic E-state index is 4.06. The van der Waals surface area contributed by atoms with Gasteiger partial charge in [-0.3, -0.25) is 0 Å². The van der Waals surface area contributed by atoms with E-state index in [-0.39, 0.29) is 0 Å². The lowest BCUT2D eigenvalue weighted by atomic mass is 9.66. The van der Waals surface area contributed by atoms with Crippen molar-refractivity contribution in [2.75, 3.05) is 0 Å². The third-order valence-electron chi connectivity index (χ3n) is 3.09. The summed E-state index contributed by atoms with van der Waals surface area (Å²) in [4.78, 5) is 0. The first-order valence-electron chi connectivity index (χ1n) is 4.63. The molecule has 60 valence electrons. The van der Waals surface area contributed by atoms with Gasteiger partial charge in [0.2, 0.25) is 0 Å². The standard InChI is InChI=1S/C11H16/c1-8(2)11-9-5-3-4-6-10(11)7-9/h5,10-11H,1,3-4,6-7H2,2H3. The normalized spacial score (nSPS) is 35.2. The summed E-state index contributed by atoms with van der Waals surface area (Å²) >= 11 is 0. The Bertz CT molecular complexity index is 210. The van der Waals surface area contributed by atoms with E-state index in [4.69, 9.17) is 0 Å². The van der Waals surface area contributed by atoms with Crippen LogP contribution in [0.2, 0.25) is 0 Å². The molecule has 2 unspecified atom stereocenters. The lowest BCUT2D eigenvalue weighted by Gasteiger charge is -2.39. The molecule has 0 aromatic heterocycles. The van der Waals surface area contributed by atoms with Gasteiger partial charge >= 0.3 is 0 Å². The summed E-state index contributed by atoms with van der Waals surface area (Å²) in [6.07, 6.45) is 7.96. The summed E-state index contributed by atoms with van der Waals surface area (Å²) in [6.45, 7) is 6.24. The highest BCUT2D eigenvalue weighted by atomic mass is 14.4. The Balaban J connectivity index is 2.18. The van der Waals surface area contributed by atoms with E-state index in [0.717, 1.165) is 11.8 Å². The molecule has 2 bridgehead atoms. The van der Waals surface area contributed by atoms with Crippen LogP contribution in [0.15, 0.2) is 23.8 Å². The second-order valence-corrected chi connectivity index (χ2v) is 4.00. The summed E-state index contributed by atoms with van der Waals surface area (Å²) in [5.74, 6) is 1.73. The van der Waals surface area contributed by atoms with Crippen molar-refractivity contribution in [2.45, 2.75) is 32.6 Å². The highest BCUT2D eigenvalue weighted by Crippen LogP contribution is 2.48. The SMILES string of the molecule is C=C(C)C1C2=CCCCC1C2. The van der Waals surface area contributed by atoms with Gasteiger partial charge < -0.3 is 0 Å². The molecular formula is C11H16. The van der Waals surface area contributed by atoms with Crippen molar-refractivity contribution in [1.82, 2.24) is 0 Å². The third kappa shape index (κ3) is 1.05. The molecule has 0 aromatic carbocycles. The zero-order valence-corrected chi connectivity index (χ0v) is 7.27. The van der Waals surface area contributed by atoms with E-state index < -0.39 is 0 Å². The molecule has 1 saturated carbocycles. The lowest BCUT2D eigenvalue weighted by molar-refractivity contribution is 0.302. The van der Waals surface area contributed by atoms with Crippen molar-refractivity contribution >= 4 is 0 Å². The Morgan fingerprint density at radius 1 is 1.64 bits per heavy atom. The summed E-state index contributed by atoms with van der Waals surface area (Å²) in [7, 11) is 0. The molecule has 3 aliphatic rings. The Morgan fingerprint density at radius 3 is 3.18 bits per heavy atom. The van der Waals surface area contributed by atoms with Gasteiger partial charge in [0, 0.05) is 5.92 Å². The van der Waals surface area contributed by atoms with Crippen molar-refractivity contribution in [3.63, 3.8) is 0 Å². The van der Waals surface area contributed by atoms with Gasteiger partial charge in [-0.25, -0.2) is 0 Å². The minimum absolute atomic E-state index is 0.775. The van der Waals surface area contributed by atoms with E-state index in [1.165, 1.54) is 31.3 Å². The Kier molecular flexibility index (Phi) is 1.63. The quantitative estimate of drug-likeness (QED) is 0.500. The van der Waals surface area contributed by atoms with Crippen molar-refractivity contribution in [2.24, 2.45) is 11.8 Å². The minimum atomic E-state index is 0.775. The van der Waals surface area contributed by atoms with Crippen LogP contribution in [0.1, 0.15) is 32.6 Å². The molecule has 0 aromatic rings. The van der Waals surface area contributed by atoms with E-state index in [9.17, 15) is 0 Å². The van der Waals surface area contributed by atoms with E-state index >= 15 is 0 Å². The average Bonchev–Trinajstić information content (AvgIpc) is 2.15. The van der Waals surface area contributed by atoms with Crippen LogP contribution in [0.3, 0.4) is 0 Å². The molecule has 0 radical (unpaired) electrons. The first kappa shape index (κ1) is 7.15. The summed E-state index contributed by atoms with van der Waals surface area (Å²) < 4.78 is 0. The summed E-state index contributed by atoms with van der Waals surface area (Å²) in [6, 6.07) is 0. The number of allylic oxidation sites excluding steroid dienone is 3. The van der Waals surface area contributed by atoms with Crippen LogP contribution in [0.25, 0.3) is 0 Å². The maximum atomic E-state index is 4.06. The van der Waals surface area contributed by atoms with Gasteiger partial charge in [-0.1, -0.05) is 23.8 Å². The monoisotopic (exact) mass is 148 g/mol. The van der Waals surface area contributed by atoms with Crippen LogP contribution in [0, 0.1) is 11.8 Å². The molecule has 11 heavy (non-hydrogen) atoms. The fraction of sp³-hybridized carbons (Fsp3) is 0.636. The molecule has 3 rings (SSSR count). The van der Waals surface area contributed by atoms with E-state index in [1.807, 2.05) is 0 Å². The van der Waals surface area contributed by atoms with Crippen LogP contribution in [0.4, 0.5) is 0 Å². The topological polar surface area (TPSA) is 0 Å². The van der Waals surface area contributed by atoms with Gasteiger partial charge in [-0.05, 0) is 38.5 Å². The fourth-order valence-corrected chi connectivity index (χ4v) is 2.56. The van der Waals surface area contributed by atoms with Crippen molar-refractivity contribution in [3.8, 4) is 0 Å². The predicted molar refractivity (Wildman–Crippen MR) is 48.3 cm³/mol. The van der Waals surface area contributed by atoms with Gasteiger partial charge in [-0.2, -0.15) is 0 Å². The maximum Gasteiger partial charge on any atom is 0.00329 e. The van der Waals surface area contributed by atoms with Gasteiger partial charge in [0.1, 0.15) is 0 Å². The zero-order chi connectivity index (χ0) is 7.84. The number of fused-ring (bicyclic) bond motifs is 3. The smallest absolute Gasteiger partial charge is 0.00329 e. The van der Waals surface area contributed by atoms with Crippen LogP contribution < -0.4 is 0 Å². The largest absolute Gasteiger partial charge is 0.0995 e. The molecule has 3 aliphatic carbocycles. The molecule has 0 nitrogen and oxygen atoms in total. The summed E-state index contributed by atoms with van der Waals surface area (Å²) in [5.41, 5.74) is 3.06. The number of rotatable bonds is 1. The van der Waals surface area contributed by atoms with E-state index in [0.29, 0.717) is 0 Å². The van der Waals surface area contributed by atoms with Crippen LogP contribution in [-0.2, 0) is 0 Å². The Labute approximate surface area is 69.0 Å². The fourth-order valence-electron chi connectivity index (χ4n) is 2.56. The second kappa shape index (κ2) is 2.51. The third-order valence-corrected chi connectivity index (χ3v) is 3.09. The van der Waals surface area contributed by atoms with E-state index in [1.54, 1.807) is 5.57 Å². The molecule has 2 atom stereocenters. The highest BCUT2D eigenvalue weighted by molar-refractivity contribution is 5.29. The Morgan fingerprint density at radius 2 is 2.45 bits per heavy atom. The Hall–Kier alpha value is -0.520. The van der Waals surface area contributed by atoms with E-state index in [2.05, 4.69) is 19.6 Å². The molecule has 0 N–H and O–H groups in total. The molecule has 0 spiro atoms. The second-order valence-electron chi connectivity index (χ2n) is 4.00. The van der Waals surface area contributed by atoms with Crippen LogP contribution in [-0.4, -0.2) is 0 Å². The summed E-state index contributed by atoms with van der Waals surface area (Å²) in [5, 5.41) is 0. The first-order valence-corrected chi connectivity index (χ1v) is 4.63. The lowest BCUT2D eigenvalue weighted by Crippen LogP contribution is -2.28. The van der Waals surface area contributed by atoms with Crippen LogP contribution >= 0.6 is 0 Å². The van der Waals surface area contributed by atoms with Gasteiger partial charge in [0.05, 0.1) is 0 Å². The van der Waals surface area contributed by atoms with Crippen LogP contribution in [0.5, 0.6) is 0 Å². The molecule has 0 amide bonds. The molecule has 1 fully saturated rings. The molecule has 0 saturated heterocycles. The van der Waals surface area contributed by atoms with Crippen molar-refractivity contribution in [3.05, 3.63) is 23.8 Å². The van der Waals surface area contributed by atoms with Crippen molar-refractivity contribution < 1.29 is 0 Å². The van der Waals surface area contributed by atoms with Gasteiger partial charge in [-0.15, -0.1) is 0 Å². The van der Waals surface area contributed by atoms with Gasteiger partial charge in [0.15, 0.2) is 0 Å². The number of hydrogen-bond donors (Lipinski definition) is 0. The number of hydrogen-bond acceptors (Lipinski definition) is 0.